The summed E-state index contributed by atoms with van der Waals surface area (Å²) < 4.78 is 9.29. The summed E-state index contributed by atoms with van der Waals surface area (Å²) in [5.74, 6) is 1.04. The molecule has 1 saturated heterocycles. The van der Waals surface area contributed by atoms with Crippen molar-refractivity contribution in [3.8, 4) is 0 Å². The van der Waals surface area contributed by atoms with Crippen molar-refractivity contribution in [2.24, 2.45) is 7.05 Å². The van der Waals surface area contributed by atoms with E-state index in [0.29, 0.717) is 32.8 Å². The van der Waals surface area contributed by atoms with E-state index in [0.717, 1.165) is 28.8 Å². The molecule has 2 aliphatic rings. The van der Waals surface area contributed by atoms with Crippen LogP contribution in [0, 0.1) is 0 Å². The molecule has 1 atom stereocenters. The van der Waals surface area contributed by atoms with Crippen molar-refractivity contribution < 1.29 is 9.53 Å². The van der Waals surface area contributed by atoms with Crippen molar-refractivity contribution in [2.75, 3.05) is 31.6 Å². The maximum Gasteiger partial charge on any atom is 0.242 e. The summed E-state index contributed by atoms with van der Waals surface area (Å²) in [6.45, 7) is 2.94. The van der Waals surface area contributed by atoms with Gasteiger partial charge in [-0.2, -0.15) is 5.10 Å². The first kappa shape index (κ1) is 16.3. The molecule has 1 N–H and O–H groups in total. The molecule has 0 spiro atoms. The van der Waals surface area contributed by atoms with Gasteiger partial charge in [-0.15, -0.1) is 0 Å². The molecule has 27 heavy (non-hydrogen) atoms. The fourth-order valence-corrected chi connectivity index (χ4v) is 4.11. The van der Waals surface area contributed by atoms with Gasteiger partial charge in [0.25, 0.3) is 0 Å². The van der Waals surface area contributed by atoms with Gasteiger partial charge in [0.2, 0.25) is 5.91 Å². The molecular formula is C19H22N6O2. The lowest BCUT2D eigenvalue weighted by atomic mass is 10.1. The minimum Gasteiger partial charge on any atom is -0.378 e. The Bertz CT molecular complexity index is 1000. The molecule has 1 amide bonds. The van der Waals surface area contributed by atoms with Crippen molar-refractivity contribution in [3.05, 3.63) is 42.0 Å². The molecule has 2 aliphatic heterocycles. The smallest absolute Gasteiger partial charge is 0.242 e. The van der Waals surface area contributed by atoms with E-state index in [1.165, 1.54) is 5.56 Å². The van der Waals surface area contributed by atoms with Gasteiger partial charge < -0.3 is 19.5 Å². The van der Waals surface area contributed by atoms with Crippen molar-refractivity contribution in [3.63, 3.8) is 0 Å². The van der Waals surface area contributed by atoms with Crippen LogP contribution in [0.15, 0.2) is 30.7 Å². The van der Waals surface area contributed by atoms with Gasteiger partial charge in [-0.1, -0.05) is 0 Å². The van der Waals surface area contributed by atoms with E-state index < -0.39 is 0 Å². The highest BCUT2D eigenvalue weighted by Gasteiger charge is 2.29. The molecule has 0 saturated carbocycles. The molecule has 5 rings (SSSR count). The number of pyridine rings is 1. The Balaban J connectivity index is 1.39. The lowest BCUT2D eigenvalue weighted by Gasteiger charge is -2.27. The number of fused-ring (bicyclic) bond motifs is 3. The second-order valence-corrected chi connectivity index (χ2v) is 7.11. The van der Waals surface area contributed by atoms with Gasteiger partial charge in [0.1, 0.15) is 12.4 Å². The first-order chi connectivity index (χ1) is 13.2. The third-order valence-electron chi connectivity index (χ3n) is 5.48. The highest BCUT2D eigenvalue weighted by molar-refractivity contribution is 5.86. The second kappa shape index (κ2) is 6.38. The van der Waals surface area contributed by atoms with E-state index in [9.17, 15) is 4.79 Å². The molecule has 0 aromatic carbocycles. The fraction of sp³-hybridized carbons (Fsp3) is 0.421. The third-order valence-corrected chi connectivity index (χ3v) is 5.48. The maximum atomic E-state index is 12.6. The predicted molar refractivity (Wildman–Crippen MR) is 100 cm³/mol. The second-order valence-electron chi connectivity index (χ2n) is 7.11. The van der Waals surface area contributed by atoms with Crippen LogP contribution in [0.5, 0.6) is 0 Å². The number of aryl methyl sites for hydroxylation is 1. The van der Waals surface area contributed by atoms with E-state index in [1.54, 1.807) is 0 Å². The van der Waals surface area contributed by atoms with Crippen molar-refractivity contribution >= 4 is 22.6 Å². The Kier molecular flexibility index (Phi) is 3.86. The molecule has 1 fully saturated rings. The molecule has 0 radical (unpaired) electrons. The van der Waals surface area contributed by atoms with Crippen LogP contribution in [-0.4, -0.2) is 56.4 Å². The number of anilines is 1. The summed E-state index contributed by atoms with van der Waals surface area (Å²) in [7, 11) is 1.96. The minimum atomic E-state index is 0.0977. The average Bonchev–Trinajstić information content (AvgIpc) is 3.40. The Labute approximate surface area is 156 Å². The minimum absolute atomic E-state index is 0.0977. The van der Waals surface area contributed by atoms with Gasteiger partial charge in [0.05, 0.1) is 31.0 Å². The molecule has 0 bridgehead atoms. The van der Waals surface area contributed by atoms with E-state index in [4.69, 9.17) is 4.74 Å². The van der Waals surface area contributed by atoms with Gasteiger partial charge in [-0.3, -0.25) is 9.48 Å². The lowest BCUT2D eigenvalue weighted by molar-refractivity contribution is -0.135. The quantitative estimate of drug-likeness (QED) is 0.757. The highest BCUT2D eigenvalue weighted by Crippen LogP contribution is 2.36. The summed E-state index contributed by atoms with van der Waals surface area (Å²) in [5, 5.41) is 8.93. The average molecular weight is 366 g/mol. The summed E-state index contributed by atoms with van der Waals surface area (Å²) >= 11 is 0. The SMILES string of the molecule is Cn1ncc2cnc3c(c21)CC(c1cccn1CC(=O)N1CCOCC1)N3. The van der Waals surface area contributed by atoms with Crippen LogP contribution >= 0.6 is 0 Å². The van der Waals surface area contributed by atoms with Crippen molar-refractivity contribution in [2.45, 2.75) is 19.0 Å². The topological polar surface area (TPSA) is 77.2 Å². The predicted octanol–water partition coefficient (Wildman–Crippen LogP) is 1.34. The molecule has 3 aromatic heterocycles. The maximum absolute atomic E-state index is 12.6. The summed E-state index contributed by atoms with van der Waals surface area (Å²) in [4.78, 5) is 19.1. The molecular weight excluding hydrogens is 344 g/mol. The molecule has 8 nitrogen and oxygen atoms in total. The van der Waals surface area contributed by atoms with Crippen LogP contribution < -0.4 is 5.32 Å². The molecule has 0 aliphatic carbocycles. The number of nitrogens with zero attached hydrogens (tertiary/aromatic N) is 5. The zero-order chi connectivity index (χ0) is 18.4. The van der Waals surface area contributed by atoms with Crippen LogP contribution in [-0.2, 0) is 29.5 Å². The number of carbonyl (C=O) groups excluding carboxylic acids is 1. The Morgan fingerprint density at radius 2 is 2.19 bits per heavy atom. The van der Waals surface area contributed by atoms with Crippen LogP contribution in [0.1, 0.15) is 17.3 Å². The first-order valence-electron chi connectivity index (χ1n) is 9.27. The monoisotopic (exact) mass is 366 g/mol. The zero-order valence-corrected chi connectivity index (χ0v) is 15.3. The van der Waals surface area contributed by atoms with Gasteiger partial charge in [-0.05, 0) is 12.1 Å². The number of carbonyl (C=O) groups is 1. The number of hydrogen-bond donors (Lipinski definition) is 1. The number of rotatable bonds is 3. The van der Waals surface area contributed by atoms with E-state index in [-0.39, 0.29) is 11.9 Å². The Morgan fingerprint density at radius 3 is 3.04 bits per heavy atom. The number of amides is 1. The number of ether oxygens (including phenoxy) is 1. The van der Waals surface area contributed by atoms with Gasteiger partial charge in [0.15, 0.2) is 0 Å². The van der Waals surface area contributed by atoms with Crippen LogP contribution in [0.2, 0.25) is 0 Å². The summed E-state index contributed by atoms with van der Waals surface area (Å²) in [5.41, 5.74) is 3.41. The number of nitrogens with one attached hydrogen (secondary N) is 1. The van der Waals surface area contributed by atoms with E-state index in [1.807, 2.05) is 45.9 Å². The van der Waals surface area contributed by atoms with Crippen LogP contribution in [0.4, 0.5) is 5.82 Å². The fourth-order valence-electron chi connectivity index (χ4n) is 4.11. The number of hydrogen-bond acceptors (Lipinski definition) is 5. The van der Waals surface area contributed by atoms with E-state index >= 15 is 0 Å². The third kappa shape index (κ3) is 2.76. The first-order valence-corrected chi connectivity index (χ1v) is 9.27. The van der Waals surface area contributed by atoms with Crippen molar-refractivity contribution in [1.82, 2.24) is 24.2 Å². The summed E-state index contributed by atoms with van der Waals surface area (Å²) in [6.07, 6.45) is 6.51. The van der Waals surface area contributed by atoms with Crippen LogP contribution in [0.25, 0.3) is 10.9 Å². The zero-order valence-electron chi connectivity index (χ0n) is 15.3. The number of morpholine rings is 1. The molecule has 8 heteroatoms. The van der Waals surface area contributed by atoms with Gasteiger partial charge in [-0.25, -0.2) is 4.98 Å². The normalized spacial score (nSPS) is 19.3. The van der Waals surface area contributed by atoms with Gasteiger partial charge >= 0.3 is 0 Å². The number of aromatic nitrogens is 4. The van der Waals surface area contributed by atoms with Crippen molar-refractivity contribution in [1.29, 1.82) is 0 Å². The highest BCUT2D eigenvalue weighted by atomic mass is 16.5. The molecule has 3 aromatic rings. The van der Waals surface area contributed by atoms with Gasteiger partial charge in [0, 0.05) is 55.6 Å². The van der Waals surface area contributed by atoms with E-state index in [2.05, 4.69) is 21.5 Å². The standard InChI is InChI=1S/C19H22N6O2/c1-23-18-13(11-21-23)10-20-19-14(18)9-15(22-19)16-3-2-4-25(16)12-17(26)24-5-7-27-8-6-24/h2-4,10-11,15H,5-9,12H2,1H3,(H,20,22). The molecule has 1 unspecified atom stereocenters. The molecule has 5 heterocycles. The Morgan fingerprint density at radius 1 is 1.33 bits per heavy atom. The summed E-state index contributed by atoms with van der Waals surface area (Å²) in [6, 6.07) is 4.18. The largest absolute Gasteiger partial charge is 0.378 e. The van der Waals surface area contributed by atoms with Crippen LogP contribution in [0.3, 0.4) is 0 Å². The lowest BCUT2D eigenvalue weighted by Crippen LogP contribution is -2.42. The molecule has 140 valence electrons. The Hall–Kier alpha value is -2.87.